The molecule has 3 aromatic rings. The number of fused-ring (bicyclic) bond motifs is 1. The third kappa shape index (κ3) is 3.92. The number of hydrazone groups is 1. The molecule has 0 aliphatic heterocycles. The van der Waals surface area contributed by atoms with E-state index in [1.54, 1.807) is 6.20 Å². The SMILES string of the molecule is O=C([O-])CC/C(=N\NC(=O)c1c[nH]c2ccccc12)c1ccccc1. The average Bonchev–Trinajstić information content (AvgIpc) is 3.06. The van der Waals surface area contributed by atoms with Crippen molar-refractivity contribution < 1.29 is 14.7 Å². The number of hydrogen-bond acceptors (Lipinski definition) is 4. The van der Waals surface area contributed by atoms with Crippen molar-refractivity contribution in [3.8, 4) is 0 Å². The van der Waals surface area contributed by atoms with Gasteiger partial charge in [-0.3, -0.25) is 4.79 Å². The lowest BCUT2D eigenvalue weighted by Gasteiger charge is -2.08. The molecule has 0 radical (unpaired) electrons. The van der Waals surface area contributed by atoms with Crippen LogP contribution in [0.15, 0.2) is 65.9 Å². The van der Waals surface area contributed by atoms with Crippen molar-refractivity contribution >= 4 is 28.5 Å². The molecule has 3 rings (SSSR count). The predicted octanol–water partition coefficient (Wildman–Crippen LogP) is 1.83. The molecule has 25 heavy (non-hydrogen) atoms. The maximum atomic E-state index is 12.4. The molecule has 6 nitrogen and oxygen atoms in total. The van der Waals surface area contributed by atoms with Gasteiger partial charge in [0.25, 0.3) is 5.91 Å². The summed E-state index contributed by atoms with van der Waals surface area (Å²) in [6, 6.07) is 16.6. The molecular weight excluding hydrogens is 318 g/mol. The highest BCUT2D eigenvalue weighted by Gasteiger charge is 2.12. The lowest BCUT2D eigenvalue weighted by Crippen LogP contribution is -2.24. The molecule has 2 N–H and O–H groups in total. The van der Waals surface area contributed by atoms with Gasteiger partial charge in [-0.05, 0) is 24.5 Å². The van der Waals surface area contributed by atoms with Crippen molar-refractivity contribution in [2.75, 3.05) is 0 Å². The molecule has 0 bridgehead atoms. The van der Waals surface area contributed by atoms with Gasteiger partial charge in [0.15, 0.2) is 0 Å². The number of H-pyrrole nitrogens is 1. The van der Waals surface area contributed by atoms with Gasteiger partial charge in [-0.1, -0.05) is 48.5 Å². The summed E-state index contributed by atoms with van der Waals surface area (Å²) in [5, 5.41) is 15.7. The number of amides is 1. The third-order valence-corrected chi connectivity index (χ3v) is 3.80. The van der Waals surface area contributed by atoms with E-state index in [0.717, 1.165) is 16.5 Å². The summed E-state index contributed by atoms with van der Waals surface area (Å²) in [6.07, 6.45) is 1.62. The molecule has 0 saturated carbocycles. The minimum atomic E-state index is -1.16. The lowest BCUT2D eigenvalue weighted by atomic mass is 10.1. The standard InChI is InChI=1S/C19H17N3O3/c23-18(24)11-10-16(13-6-2-1-3-7-13)21-22-19(25)15-12-20-17-9-5-4-8-14(15)17/h1-9,12,20H,10-11H2,(H,22,25)(H,23,24)/p-1/b21-16+. The first-order valence-electron chi connectivity index (χ1n) is 7.83. The molecule has 0 spiro atoms. The van der Waals surface area contributed by atoms with Gasteiger partial charge < -0.3 is 14.9 Å². The number of carbonyl (C=O) groups excluding carboxylic acids is 2. The molecule has 126 valence electrons. The van der Waals surface area contributed by atoms with Gasteiger partial charge in [0, 0.05) is 23.1 Å². The Balaban J connectivity index is 1.82. The smallest absolute Gasteiger partial charge is 0.273 e. The van der Waals surface area contributed by atoms with Crippen LogP contribution in [0.5, 0.6) is 0 Å². The fourth-order valence-electron chi connectivity index (χ4n) is 2.55. The quantitative estimate of drug-likeness (QED) is 0.531. The second-order valence-corrected chi connectivity index (χ2v) is 5.49. The Bertz CT molecular complexity index is 929. The Hall–Kier alpha value is -3.41. The van der Waals surface area contributed by atoms with Crippen LogP contribution in [-0.2, 0) is 4.79 Å². The minimum absolute atomic E-state index is 0.167. The monoisotopic (exact) mass is 334 g/mol. The zero-order chi connectivity index (χ0) is 17.6. The van der Waals surface area contributed by atoms with Crippen LogP contribution in [-0.4, -0.2) is 22.6 Å². The number of carboxylic acids is 1. The number of nitrogens with one attached hydrogen (secondary N) is 2. The predicted molar refractivity (Wildman–Crippen MR) is 93.0 cm³/mol. The number of aromatic amines is 1. The largest absolute Gasteiger partial charge is 0.550 e. The van der Waals surface area contributed by atoms with E-state index >= 15 is 0 Å². The van der Waals surface area contributed by atoms with Gasteiger partial charge in [-0.2, -0.15) is 5.10 Å². The average molecular weight is 334 g/mol. The van der Waals surface area contributed by atoms with E-state index in [-0.39, 0.29) is 18.7 Å². The highest BCUT2D eigenvalue weighted by atomic mass is 16.4. The molecule has 2 aromatic carbocycles. The van der Waals surface area contributed by atoms with E-state index in [9.17, 15) is 14.7 Å². The summed E-state index contributed by atoms with van der Waals surface area (Å²) in [5.74, 6) is -1.52. The van der Waals surface area contributed by atoms with Crippen molar-refractivity contribution in [2.45, 2.75) is 12.8 Å². The molecule has 1 amide bonds. The van der Waals surface area contributed by atoms with Crippen LogP contribution in [0, 0.1) is 0 Å². The molecule has 0 atom stereocenters. The molecule has 1 aromatic heterocycles. The fourth-order valence-corrected chi connectivity index (χ4v) is 2.55. The van der Waals surface area contributed by atoms with Gasteiger partial charge in [0.2, 0.25) is 0 Å². The summed E-state index contributed by atoms with van der Waals surface area (Å²) in [7, 11) is 0. The molecule has 1 heterocycles. The lowest BCUT2D eigenvalue weighted by molar-refractivity contribution is -0.305. The second kappa shape index (κ2) is 7.44. The molecule has 0 unspecified atom stereocenters. The van der Waals surface area contributed by atoms with Crippen molar-refractivity contribution in [3.05, 3.63) is 71.9 Å². The van der Waals surface area contributed by atoms with Crippen LogP contribution in [0.4, 0.5) is 0 Å². The Labute approximate surface area is 144 Å². The van der Waals surface area contributed by atoms with E-state index in [1.165, 1.54) is 0 Å². The van der Waals surface area contributed by atoms with Crippen molar-refractivity contribution in [2.24, 2.45) is 5.10 Å². The molecule has 0 aliphatic rings. The summed E-state index contributed by atoms with van der Waals surface area (Å²) in [4.78, 5) is 26.2. The Morgan fingerprint density at radius 3 is 2.48 bits per heavy atom. The molecular formula is C19H16N3O3-. The van der Waals surface area contributed by atoms with E-state index in [0.29, 0.717) is 11.3 Å². The molecule has 0 fully saturated rings. The fraction of sp³-hybridized carbons (Fsp3) is 0.105. The van der Waals surface area contributed by atoms with E-state index in [1.807, 2.05) is 54.6 Å². The van der Waals surface area contributed by atoms with Gasteiger partial charge in [0.05, 0.1) is 11.3 Å². The van der Waals surface area contributed by atoms with Crippen LogP contribution in [0.25, 0.3) is 10.9 Å². The van der Waals surface area contributed by atoms with Crippen LogP contribution in [0.1, 0.15) is 28.8 Å². The second-order valence-electron chi connectivity index (χ2n) is 5.49. The number of aliphatic carboxylic acids is 1. The van der Waals surface area contributed by atoms with Crippen molar-refractivity contribution in [3.63, 3.8) is 0 Å². The van der Waals surface area contributed by atoms with Crippen LogP contribution >= 0.6 is 0 Å². The Morgan fingerprint density at radius 2 is 1.72 bits per heavy atom. The zero-order valence-corrected chi connectivity index (χ0v) is 13.4. The van der Waals surface area contributed by atoms with Crippen molar-refractivity contribution in [1.82, 2.24) is 10.4 Å². The number of hydrogen-bond donors (Lipinski definition) is 2. The van der Waals surface area contributed by atoms with E-state index in [2.05, 4.69) is 15.5 Å². The van der Waals surface area contributed by atoms with E-state index in [4.69, 9.17) is 0 Å². The number of carbonyl (C=O) groups is 2. The first-order chi connectivity index (χ1) is 12.1. The summed E-state index contributed by atoms with van der Waals surface area (Å²) in [6.45, 7) is 0. The van der Waals surface area contributed by atoms with Crippen molar-refractivity contribution in [1.29, 1.82) is 0 Å². The number of aromatic nitrogens is 1. The summed E-state index contributed by atoms with van der Waals surface area (Å²) in [5.41, 5.74) is 5.09. The van der Waals surface area contributed by atoms with Crippen LogP contribution < -0.4 is 10.5 Å². The van der Waals surface area contributed by atoms with Gasteiger partial charge in [-0.25, -0.2) is 5.43 Å². The summed E-state index contributed by atoms with van der Waals surface area (Å²) < 4.78 is 0. The molecule has 0 aliphatic carbocycles. The highest BCUT2D eigenvalue weighted by Crippen LogP contribution is 2.17. The van der Waals surface area contributed by atoms with Gasteiger partial charge >= 0.3 is 0 Å². The van der Waals surface area contributed by atoms with Gasteiger partial charge in [-0.15, -0.1) is 0 Å². The number of nitrogens with zero attached hydrogens (tertiary/aromatic N) is 1. The van der Waals surface area contributed by atoms with E-state index < -0.39 is 5.97 Å². The zero-order valence-electron chi connectivity index (χ0n) is 13.4. The first kappa shape index (κ1) is 16.4. The maximum absolute atomic E-state index is 12.4. The Morgan fingerprint density at radius 1 is 1.00 bits per heavy atom. The number of para-hydroxylation sites is 1. The first-order valence-corrected chi connectivity index (χ1v) is 7.83. The van der Waals surface area contributed by atoms with Gasteiger partial charge in [0.1, 0.15) is 0 Å². The molecule has 6 heteroatoms. The third-order valence-electron chi connectivity index (χ3n) is 3.80. The Kier molecular flexibility index (Phi) is 4.89. The topological polar surface area (TPSA) is 97.4 Å². The maximum Gasteiger partial charge on any atom is 0.273 e. The highest BCUT2D eigenvalue weighted by molar-refractivity contribution is 6.08. The van der Waals surface area contributed by atoms with Crippen LogP contribution in [0.2, 0.25) is 0 Å². The number of carboxylic acid groups (broad SMARTS) is 1. The number of benzene rings is 2. The normalized spacial score (nSPS) is 11.4. The number of rotatable bonds is 6. The van der Waals surface area contributed by atoms with Crippen LogP contribution in [0.3, 0.4) is 0 Å². The minimum Gasteiger partial charge on any atom is -0.550 e. The molecule has 0 saturated heterocycles. The summed E-state index contributed by atoms with van der Waals surface area (Å²) >= 11 is 0.